The first-order valence-electron chi connectivity index (χ1n) is 15.7. The topological polar surface area (TPSA) is 169 Å². The van der Waals surface area contributed by atoms with Gasteiger partial charge in [-0.05, 0) is 42.0 Å². The van der Waals surface area contributed by atoms with Crippen molar-refractivity contribution in [2.45, 2.75) is 62.9 Å². The number of nitrogens with one attached hydrogen (secondary N) is 2. The average Bonchev–Trinajstić information content (AvgIpc) is 3.89. The molecule has 1 fully saturated rings. The smallest absolute Gasteiger partial charge is 0.360 e. The average molecular weight is 640 g/mol. The lowest BCUT2D eigenvalue weighted by Crippen LogP contribution is -2.52. The SMILES string of the molecule is COC(=O)c1coc(-c2nc3oc2C24c5ccccc5NC2Oc2ccc(cc24)C[C@H](NC(=O)[C@@H](O)C(C)C)C(=O)N2CCC[C@@H]32)n1. The summed E-state index contributed by atoms with van der Waals surface area (Å²) < 4.78 is 24.1. The van der Waals surface area contributed by atoms with E-state index in [1.165, 1.54) is 13.4 Å². The van der Waals surface area contributed by atoms with Crippen LogP contribution in [0.15, 0.2) is 57.6 Å². The predicted molar refractivity (Wildman–Crippen MR) is 164 cm³/mol. The number of aliphatic hydroxyl groups excluding tert-OH is 1. The molecule has 1 saturated heterocycles. The van der Waals surface area contributed by atoms with Gasteiger partial charge in [0.2, 0.25) is 23.6 Å². The van der Waals surface area contributed by atoms with Crippen molar-refractivity contribution in [1.82, 2.24) is 20.2 Å². The molecule has 4 aromatic rings. The van der Waals surface area contributed by atoms with Gasteiger partial charge in [0, 0.05) is 24.2 Å². The second-order valence-electron chi connectivity index (χ2n) is 12.7. The van der Waals surface area contributed by atoms with E-state index in [1.54, 1.807) is 18.7 Å². The van der Waals surface area contributed by atoms with Crippen LogP contribution in [0.25, 0.3) is 11.6 Å². The van der Waals surface area contributed by atoms with Crippen LogP contribution >= 0.6 is 0 Å². The predicted octanol–water partition coefficient (Wildman–Crippen LogP) is 3.32. The Balaban J connectivity index is 1.37. The van der Waals surface area contributed by atoms with Gasteiger partial charge in [0.25, 0.3) is 0 Å². The van der Waals surface area contributed by atoms with Gasteiger partial charge in [-0.15, -0.1) is 0 Å². The molecular weight excluding hydrogens is 606 g/mol. The summed E-state index contributed by atoms with van der Waals surface area (Å²) in [6.45, 7) is 3.91. The number of nitrogens with zero attached hydrogens (tertiary/aromatic N) is 3. The summed E-state index contributed by atoms with van der Waals surface area (Å²) in [5.74, 6) is -0.587. The maximum Gasteiger partial charge on any atom is 0.360 e. The summed E-state index contributed by atoms with van der Waals surface area (Å²) in [6, 6.07) is 12.0. The van der Waals surface area contributed by atoms with Gasteiger partial charge in [0.15, 0.2) is 23.4 Å². The Bertz CT molecular complexity index is 1930. The molecule has 0 aliphatic carbocycles. The number of hydrogen-bond acceptors (Lipinski definition) is 11. The van der Waals surface area contributed by atoms with E-state index in [-0.39, 0.29) is 41.4 Å². The van der Waals surface area contributed by atoms with Crippen LogP contribution in [-0.4, -0.2) is 69.8 Å². The first-order valence-corrected chi connectivity index (χ1v) is 15.7. The third-order valence-electron chi connectivity index (χ3n) is 9.62. The van der Waals surface area contributed by atoms with E-state index in [0.29, 0.717) is 30.9 Å². The number of oxazole rings is 2. The number of esters is 1. The van der Waals surface area contributed by atoms with Crippen LogP contribution in [0.5, 0.6) is 5.75 Å². The number of amides is 2. The number of para-hydroxylation sites is 1. The van der Waals surface area contributed by atoms with E-state index in [9.17, 15) is 19.5 Å². The normalized spacial score (nSPS) is 24.3. The molecule has 47 heavy (non-hydrogen) atoms. The van der Waals surface area contributed by atoms with E-state index in [1.807, 2.05) is 42.5 Å². The highest BCUT2D eigenvalue weighted by molar-refractivity contribution is 5.90. The lowest BCUT2D eigenvalue weighted by atomic mass is 9.72. The number of aliphatic hydroxyl groups is 1. The molecule has 4 bridgehead atoms. The van der Waals surface area contributed by atoms with E-state index in [2.05, 4.69) is 15.6 Å². The highest BCUT2D eigenvalue weighted by Crippen LogP contribution is 2.59. The van der Waals surface area contributed by atoms with Gasteiger partial charge >= 0.3 is 5.97 Å². The minimum Gasteiger partial charge on any atom is -0.469 e. The highest BCUT2D eigenvalue weighted by Gasteiger charge is 2.61. The van der Waals surface area contributed by atoms with Gasteiger partial charge in [-0.1, -0.05) is 44.2 Å². The lowest BCUT2D eigenvalue weighted by Gasteiger charge is -2.30. The zero-order valence-electron chi connectivity index (χ0n) is 26.0. The lowest BCUT2D eigenvalue weighted by molar-refractivity contribution is -0.140. The molecule has 2 amide bonds. The molecule has 13 nitrogen and oxygen atoms in total. The standard InChI is InChI=1S/C34H33N5O8/c1-16(2)26(40)28(41)35-21-14-17-10-11-24-19(13-17)34(18-7-4-5-8-20(18)37-33(34)46-24)27-25(30-36-22(15-45-30)32(43)44-3)38-29(47-27)23-9-6-12-39(23)31(21)42/h4-5,7-8,10-11,13,15-16,21,23,26,33,37,40H,6,9,12,14H2,1-3H3,(H,35,41)/t21-,23-,26-,33?,34?/m0/s1. The number of methoxy groups -OCH3 is 1. The first kappa shape index (κ1) is 29.2. The fourth-order valence-electron chi connectivity index (χ4n) is 7.31. The van der Waals surface area contributed by atoms with E-state index >= 15 is 0 Å². The molecule has 2 aromatic carbocycles. The van der Waals surface area contributed by atoms with Crippen LogP contribution < -0.4 is 15.4 Å². The Morgan fingerprint density at radius 2 is 2.00 bits per heavy atom. The van der Waals surface area contributed by atoms with Crippen molar-refractivity contribution < 1.29 is 37.8 Å². The Kier molecular flexibility index (Phi) is 6.65. The largest absolute Gasteiger partial charge is 0.469 e. The second-order valence-corrected chi connectivity index (χ2v) is 12.7. The van der Waals surface area contributed by atoms with Crippen LogP contribution in [0, 0.1) is 5.92 Å². The summed E-state index contributed by atoms with van der Waals surface area (Å²) in [5, 5.41) is 16.9. The van der Waals surface area contributed by atoms with Crippen molar-refractivity contribution in [2.24, 2.45) is 5.92 Å². The van der Waals surface area contributed by atoms with Gasteiger partial charge in [0.1, 0.15) is 35.6 Å². The second kappa shape index (κ2) is 10.7. The van der Waals surface area contributed by atoms with Crippen molar-refractivity contribution in [3.8, 4) is 17.3 Å². The molecule has 2 unspecified atom stereocenters. The molecule has 3 N–H and O–H groups in total. The van der Waals surface area contributed by atoms with Crippen LogP contribution in [0.4, 0.5) is 5.69 Å². The van der Waals surface area contributed by atoms with Gasteiger partial charge in [-0.2, -0.15) is 0 Å². The van der Waals surface area contributed by atoms with E-state index in [4.69, 9.17) is 23.3 Å². The minimum atomic E-state index is -1.27. The summed E-state index contributed by atoms with van der Waals surface area (Å²) in [6.07, 6.45) is 0.736. The van der Waals surface area contributed by atoms with Crippen LogP contribution in [-0.2, 0) is 26.2 Å². The van der Waals surface area contributed by atoms with Gasteiger partial charge in [0.05, 0.1) is 7.11 Å². The Morgan fingerprint density at radius 1 is 1.17 bits per heavy atom. The van der Waals surface area contributed by atoms with Crippen LogP contribution in [0.3, 0.4) is 0 Å². The van der Waals surface area contributed by atoms with Crippen molar-refractivity contribution in [2.75, 3.05) is 19.0 Å². The summed E-state index contributed by atoms with van der Waals surface area (Å²) in [5.41, 5.74) is 2.44. The molecule has 4 aliphatic heterocycles. The fourth-order valence-corrected chi connectivity index (χ4v) is 7.31. The molecule has 8 rings (SSSR count). The molecular formula is C34H33N5O8. The van der Waals surface area contributed by atoms with Crippen molar-refractivity contribution in [1.29, 1.82) is 0 Å². The molecule has 0 radical (unpaired) electrons. The first-order chi connectivity index (χ1) is 22.7. The quantitative estimate of drug-likeness (QED) is 0.274. The number of benzene rings is 2. The summed E-state index contributed by atoms with van der Waals surface area (Å²) in [7, 11) is 1.26. The molecule has 5 atom stereocenters. The van der Waals surface area contributed by atoms with Crippen molar-refractivity contribution >= 4 is 23.5 Å². The van der Waals surface area contributed by atoms with Gasteiger partial charge in [-0.25, -0.2) is 14.8 Å². The van der Waals surface area contributed by atoms with Gasteiger partial charge < -0.3 is 38.9 Å². The number of carbonyl (C=O) groups is 3. The zero-order chi connectivity index (χ0) is 32.6. The summed E-state index contributed by atoms with van der Waals surface area (Å²) >= 11 is 0. The number of fused-ring (bicyclic) bond motifs is 6. The molecule has 2 aromatic heterocycles. The number of carbonyl (C=O) groups excluding carboxylic acids is 3. The Morgan fingerprint density at radius 3 is 2.81 bits per heavy atom. The van der Waals surface area contributed by atoms with Crippen LogP contribution in [0.1, 0.15) is 71.6 Å². The number of ether oxygens (including phenoxy) is 2. The van der Waals surface area contributed by atoms with Crippen molar-refractivity contribution in [3.05, 3.63) is 82.8 Å². The zero-order valence-corrected chi connectivity index (χ0v) is 26.0. The molecule has 1 spiro atoms. The van der Waals surface area contributed by atoms with E-state index < -0.39 is 41.7 Å². The monoisotopic (exact) mass is 639 g/mol. The fraction of sp³-hybridized carbons (Fsp3) is 0.382. The number of rotatable bonds is 5. The molecule has 0 saturated carbocycles. The minimum absolute atomic E-state index is 0.0277. The third-order valence-corrected chi connectivity index (χ3v) is 9.62. The van der Waals surface area contributed by atoms with Crippen molar-refractivity contribution in [3.63, 3.8) is 0 Å². The Hall–Kier alpha value is -5.17. The molecule has 4 aliphatic rings. The third kappa shape index (κ3) is 4.29. The molecule has 13 heteroatoms. The molecule has 6 heterocycles. The summed E-state index contributed by atoms with van der Waals surface area (Å²) in [4.78, 5) is 50.8. The van der Waals surface area contributed by atoms with Gasteiger partial charge in [-0.3, -0.25) is 9.59 Å². The Labute approximate surface area is 269 Å². The van der Waals surface area contributed by atoms with E-state index in [0.717, 1.165) is 22.4 Å². The maximum absolute atomic E-state index is 14.3. The van der Waals surface area contributed by atoms with Crippen LogP contribution in [0.2, 0.25) is 0 Å². The number of hydrogen-bond donors (Lipinski definition) is 3. The molecule has 242 valence electrons. The number of aromatic nitrogens is 2. The highest BCUT2D eigenvalue weighted by atomic mass is 16.5. The maximum atomic E-state index is 14.3. The number of anilines is 1.